The molecule has 0 aliphatic rings. The lowest BCUT2D eigenvalue weighted by Gasteiger charge is -2.27. The molecular weight excluding hydrogens is 450 g/mol. The third-order valence-corrected chi connectivity index (χ3v) is 5.83. The Balaban J connectivity index is 1.75. The zero-order valence-corrected chi connectivity index (χ0v) is 20.4. The van der Waals surface area contributed by atoms with Crippen molar-refractivity contribution in [2.24, 2.45) is 0 Å². The molecule has 0 aliphatic heterocycles. The van der Waals surface area contributed by atoms with E-state index in [-0.39, 0.29) is 17.9 Å². The molecule has 0 heterocycles. The summed E-state index contributed by atoms with van der Waals surface area (Å²) in [6.07, 6.45) is 0.373. The molecule has 0 aromatic heterocycles. The summed E-state index contributed by atoms with van der Waals surface area (Å²) in [5, 5.41) is 6.46. The highest BCUT2D eigenvalue weighted by Gasteiger charge is 2.24. The minimum Gasteiger partial charge on any atom is -0.497 e. The summed E-state index contributed by atoms with van der Waals surface area (Å²) >= 11 is 5.94. The number of nitrogens with one attached hydrogen (secondary N) is 2. The summed E-state index contributed by atoms with van der Waals surface area (Å²) in [7, 11) is 5.54. The number of rotatable bonds is 10. The second-order valence-corrected chi connectivity index (χ2v) is 8.66. The van der Waals surface area contributed by atoms with Crippen molar-refractivity contribution in [1.29, 1.82) is 0 Å². The summed E-state index contributed by atoms with van der Waals surface area (Å²) in [5.41, 5.74) is 2.42. The first kappa shape index (κ1) is 25.3. The van der Waals surface area contributed by atoms with Gasteiger partial charge in [0, 0.05) is 23.6 Å². The number of carbonyl (C=O) groups is 2. The Labute approximate surface area is 205 Å². The zero-order chi connectivity index (χ0) is 24.5. The fourth-order valence-corrected chi connectivity index (χ4v) is 3.80. The highest BCUT2D eigenvalue weighted by atomic mass is 35.5. The Morgan fingerprint density at radius 1 is 0.971 bits per heavy atom. The predicted octanol–water partition coefficient (Wildman–Crippen LogP) is 4.11. The number of halogens is 1. The minimum atomic E-state index is -0.737. The molecule has 34 heavy (non-hydrogen) atoms. The van der Waals surface area contributed by atoms with Crippen LogP contribution in [0.25, 0.3) is 0 Å². The molecule has 2 unspecified atom stereocenters. The first-order valence-electron chi connectivity index (χ1n) is 11.1. The van der Waals surface area contributed by atoms with Crippen LogP contribution in [0.15, 0.2) is 78.9 Å². The van der Waals surface area contributed by atoms with Crippen molar-refractivity contribution in [2.75, 3.05) is 27.7 Å². The van der Waals surface area contributed by atoms with Crippen LogP contribution in [0, 0.1) is 0 Å². The normalized spacial score (nSPS) is 12.6. The molecule has 0 radical (unpaired) electrons. The average Bonchev–Trinajstić information content (AvgIpc) is 2.84. The molecule has 0 fully saturated rings. The monoisotopic (exact) mass is 479 g/mol. The van der Waals surface area contributed by atoms with E-state index in [0.717, 1.165) is 16.9 Å². The van der Waals surface area contributed by atoms with Gasteiger partial charge in [0.15, 0.2) is 0 Å². The lowest BCUT2D eigenvalue weighted by atomic mass is 10.0. The Bertz CT molecular complexity index is 1090. The highest BCUT2D eigenvalue weighted by molar-refractivity contribution is 6.30. The van der Waals surface area contributed by atoms with Crippen LogP contribution in [-0.2, 0) is 11.2 Å². The molecule has 3 rings (SSSR count). The third-order valence-electron chi connectivity index (χ3n) is 5.58. The van der Waals surface area contributed by atoms with Crippen LogP contribution in [0.5, 0.6) is 5.75 Å². The number of ether oxygens (including phenoxy) is 1. The molecule has 6 nitrogen and oxygen atoms in total. The summed E-state index contributed by atoms with van der Waals surface area (Å²) in [6, 6.07) is 23.2. The van der Waals surface area contributed by atoms with Gasteiger partial charge in [0.1, 0.15) is 11.8 Å². The quantitative estimate of drug-likeness (QED) is 0.459. The van der Waals surface area contributed by atoms with Crippen molar-refractivity contribution < 1.29 is 14.3 Å². The van der Waals surface area contributed by atoms with Crippen LogP contribution in [-0.4, -0.2) is 50.5 Å². The van der Waals surface area contributed by atoms with Crippen LogP contribution in [0.1, 0.15) is 27.5 Å². The van der Waals surface area contributed by atoms with E-state index >= 15 is 0 Å². The van der Waals surface area contributed by atoms with Gasteiger partial charge in [-0.15, -0.1) is 0 Å². The number of nitrogens with zero attached hydrogens (tertiary/aromatic N) is 1. The topological polar surface area (TPSA) is 70.7 Å². The molecule has 3 aromatic carbocycles. The minimum absolute atomic E-state index is 0.0663. The Morgan fingerprint density at radius 2 is 1.68 bits per heavy atom. The fourth-order valence-electron chi connectivity index (χ4n) is 3.67. The van der Waals surface area contributed by atoms with Crippen molar-refractivity contribution in [3.63, 3.8) is 0 Å². The van der Waals surface area contributed by atoms with Crippen molar-refractivity contribution in [1.82, 2.24) is 15.5 Å². The molecule has 0 spiro atoms. The number of hydrogen-bond acceptors (Lipinski definition) is 4. The predicted molar refractivity (Wildman–Crippen MR) is 135 cm³/mol. The number of likely N-dealkylation sites (N-methyl/N-ethyl adjacent to an activating group) is 1. The van der Waals surface area contributed by atoms with E-state index in [1.807, 2.05) is 73.6 Å². The van der Waals surface area contributed by atoms with Crippen LogP contribution >= 0.6 is 11.6 Å². The molecular formula is C27H30ClN3O3. The van der Waals surface area contributed by atoms with Crippen LogP contribution in [0.2, 0.25) is 5.02 Å². The van der Waals surface area contributed by atoms with E-state index in [4.69, 9.17) is 16.3 Å². The summed E-state index contributed by atoms with van der Waals surface area (Å²) in [6.45, 7) is 0.376. The Hall–Kier alpha value is -3.35. The second-order valence-electron chi connectivity index (χ2n) is 8.22. The Kier molecular flexibility index (Phi) is 9.08. The van der Waals surface area contributed by atoms with E-state index in [0.29, 0.717) is 23.6 Å². The molecule has 0 saturated heterocycles. The highest BCUT2D eigenvalue weighted by Crippen LogP contribution is 2.22. The summed E-state index contributed by atoms with van der Waals surface area (Å²) < 4.78 is 5.35. The van der Waals surface area contributed by atoms with Crippen molar-refractivity contribution in [3.05, 3.63) is 101 Å². The fraction of sp³-hybridized carbons (Fsp3) is 0.259. The Morgan fingerprint density at radius 3 is 2.32 bits per heavy atom. The van der Waals surface area contributed by atoms with Gasteiger partial charge < -0.3 is 20.3 Å². The average molecular weight is 480 g/mol. The van der Waals surface area contributed by atoms with E-state index < -0.39 is 6.04 Å². The first-order chi connectivity index (χ1) is 16.4. The maximum absolute atomic E-state index is 13.3. The van der Waals surface area contributed by atoms with Gasteiger partial charge >= 0.3 is 0 Å². The van der Waals surface area contributed by atoms with E-state index in [1.165, 1.54) is 0 Å². The van der Waals surface area contributed by atoms with Gasteiger partial charge in [-0.1, -0.05) is 54.1 Å². The molecule has 2 N–H and O–H groups in total. The SMILES string of the molecule is COc1cccc(C(CNC(=O)C(Cc2ccccc2)NC(=O)c2ccc(Cl)cc2)N(C)C)c1. The number of carbonyl (C=O) groups excluding carboxylic acids is 2. The van der Waals surface area contributed by atoms with Gasteiger partial charge in [-0.3, -0.25) is 9.59 Å². The molecule has 178 valence electrons. The van der Waals surface area contributed by atoms with Gasteiger partial charge in [-0.25, -0.2) is 0 Å². The molecule has 2 atom stereocenters. The standard InChI is InChI=1S/C27H30ClN3O3/c1-31(2)25(21-10-7-11-23(17-21)34-3)18-29-27(33)24(16-19-8-5-4-6-9-19)30-26(32)20-12-14-22(28)15-13-20/h4-15,17,24-25H,16,18H2,1-3H3,(H,29,33)(H,30,32). The molecule has 0 aliphatic carbocycles. The van der Waals surface area contributed by atoms with Crippen LogP contribution in [0.3, 0.4) is 0 Å². The van der Waals surface area contributed by atoms with Crippen molar-refractivity contribution in [2.45, 2.75) is 18.5 Å². The largest absolute Gasteiger partial charge is 0.497 e. The van der Waals surface area contributed by atoms with Crippen molar-refractivity contribution >= 4 is 23.4 Å². The lowest BCUT2D eigenvalue weighted by Crippen LogP contribution is -2.49. The van der Waals surface area contributed by atoms with Gasteiger partial charge in [-0.05, 0) is 61.6 Å². The van der Waals surface area contributed by atoms with Gasteiger partial charge in [-0.2, -0.15) is 0 Å². The second kappa shape index (κ2) is 12.2. The molecule has 0 saturated carbocycles. The molecule has 0 bridgehead atoms. The summed E-state index contributed by atoms with van der Waals surface area (Å²) in [4.78, 5) is 28.1. The smallest absolute Gasteiger partial charge is 0.251 e. The number of methoxy groups -OCH3 is 1. The maximum atomic E-state index is 13.3. The number of amides is 2. The number of benzene rings is 3. The molecule has 7 heteroatoms. The molecule has 3 aromatic rings. The van der Waals surface area contributed by atoms with Gasteiger partial charge in [0.25, 0.3) is 5.91 Å². The van der Waals surface area contributed by atoms with Crippen LogP contribution < -0.4 is 15.4 Å². The molecule has 2 amide bonds. The van der Waals surface area contributed by atoms with Gasteiger partial charge in [0.2, 0.25) is 5.91 Å². The third kappa shape index (κ3) is 7.07. The van der Waals surface area contributed by atoms with Gasteiger partial charge in [0.05, 0.1) is 13.2 Å². The van der Waals surface area contributed by atoms with Crippen LogP contribution in [0.4, 0.5) is 0 Å². The zero-order valence-electron chi connectivity index (χ0n) is 19.6. The first-order valence-corrected chi connectivity index (χ1v) is 11.4. The maximum Gasteiger partial charge on any atom is 0.251 e. The number of hydrogen-bond donors (Lipinski definition) is 2. The van der Waals surface area contributed by atoms with Crippen molar-refractivity contribution in [3.8, 4) is 5.75 Å². The van der Waals surface area contributed by atoms with E-state index in [9.17, 15) is 9.59 Å². The van der Waals surface area contributed by atoms with E-state index in [1.54, 1.807) is 31.4 Å². The summed E-state index contributed by atoms with van der Waals surface area (Å²) in [5.74, 6) is 0.179. The van der Waals surface area contributed by atoms with E-state index in [2.05, 4.69) is 10.6 Å². The lowest BCUT2D eigenvalue weighted by molar-refractivity contribution is -0.123.